The fourth-order valence-corrected chi connectivity index (χ4v) is 4.40. The molecule has 1 aromatic heterocycles. The third-order valence-corrected chi connectivity index (χ3v) is 5.87. The molecular formula is C23H30N4O. The van der Waals surface area contributed by atoms with Gasteiger partial charge in [0.05, 0.1) is 11.7 Å². The minimum atomic E-state index is -0.00495. The van der Waals surface area contributed by atoms with Gasteiger partial charge >= 0.3 is 0 Å². The maximum absolute atomic E-state index is 12.6. The molecule has 2 aliphatic rings. The van der Waals surface area contributed by atoms with E-state index in [1.807, 2.05) is 24.4 Å². The third kappa shape index (κ3) is 4.34. The monoisotopic (exact) mass is 378 g/mol. The van der Waals surface area contributed by atoms with Crippen LogP contribution >= 0.6 is 0 Å². The number of aromatic nitrogens is 2. The molecule has 1 amide bonds. The van der Waals surface area contributed by atoms with E-state index in [2.05, 4.69) is 41.2 Å². The Bertz CT molecular complexity index is 828. The molecule has 1 atom stereocenters. The van der Waals surface area contributed by atoms with Crippen molar-refractivity contribution in [2.24, 2.45) is 5.41 Å². The molecule has 1 aliphatic heterocycles. The minimum absolute atomic E-state index is 0.00495. The van der Waals surface area contributed by atoms with Crippen LogP contribution in [0.3, 0.4) is 0 Å². The largest absolute Gasteiger partial charge is 0.349 e. The first-order chi connectivity index (χ1) is 13.5. The molecule has 0 radical (unpaired) electrons. The summed E-state index contributed by atoms with van der Waals surface area (Å²) in [6.45, 7) is 6.61. The molecule has 1 fully saturated rings. The average Bonchev–Trinajstić information content (AvgIpc) is 3.21. The Kier molecular flexibility index (Phi) is 5.33. The maximum Gasteiger partial charge on any atom is 0.225 e. The first kappa shape index (κ1) is 18.9. The molecule has 4 rings (SSSR count). The van der Waals surface area contributed by atoms with E-state index in [0.717, 1.165) is 49.6 Å². The van der Waals surface area contributed by atoms with Crippen LogP contribution in [-0.2, 0) is 17.6 Å². The molecule has 148 valence electrons. The quantitative estimate of drug-likeness (QED) is 0.859. The first-order valence-corrected chi connectivity index (χ1v) is 10.4. The summed E-state index contributed by atoms with van der Waals surface area (Å²) in [5, 5.41) is 3.26. The van der Waals surface area contributed by atoms with Gasteiger partial charge in [-0.25, -0.2) is 9.97 Å². The standard InChI is InChI=1S/C23H30N4O/c1-23(2)14-19(25-21(28)11-10-17-8-4-3-5-9-17)18-16-24-22(26-20(18)15-23)27-12-6-7-13-27/h3-5,8-9,16,19H,6-7,10-15H2,1-2H3,(H,25,28)/t19-/m1/s1. The van der Waals surface area contributed by atoms with Crippen LogP contribution in [0.1, 0.15) is 62.4 Å². The van der Waals surface area contributed by atoms with Crippen molar-refractivity contribution in [1.29, 1.82) is 0 Å². The Morgan fingerprint density at radius 2 is 1.96 bits per heavy atom. The molecule has 0 spiro atoms. The number of nitrogens with one attached hydrogen (secondary N) is 1. The molecule has 2 aromatic rings. The summed E-state index contributed by atoms with van der Waals surface area (Å²) < 4.78 is 0. The van der Waals surface area contributed by atoms with E-state index in [9.17, 15) is 4.79 Å². The second-order valence-corrected chi connectivity index (χ2v) is 8.92. The molecule has 28 heavy (non-hydrogen) atoms. The summed E-state index contributed by atoms with van der Waals surface area (Å²) in [6.07, 6.45) is 7.50. The number of hydrogen-bond donors (Lipinski definition) is 1. The predicted molar refractivity (Wildman–Crippen MR) is 111 cm³/mol. The van der Waals surface area contributed by atoms with Crippen molar-refractivity contribution in [3.8, 4) is 0 Å². The SMILES string of the molecule is CC1(C)Cc2nc(N3CCCC3)ncc2[C@H](NC(=O)CCc2ccccc2)C1. The van der Waals surface area contributed by atoms with Crippen LogP contribution in [0, 0.1) is 5.41 Å². The lowest BCUT2D eigenvalue weighted by atomic mass is 9.74. The Balaban J connectivity index is 1.47. The Morgan fingerprint density at radius 3 is 2.71 bits per heavy atom. The van der Waals surface area contributed by atoms with Gasteiger partial charge in [-0.05, 0) is 43.1 Å². The molecule has 5 heteroatoms. The average molecular weight is 379 g/mol. The summed E-state index contributed by atoms with van der Waals surface area (Å²) in [4.78, 5) is 24.4. The van der Waals surface area contributed by atoms with E-state index < -0.39 is 0 Å². The molecule has 1 saturated heterocycles. The van der Waals surface area contributed by atoms with Gasteiger partial charge in [-0.1, -0.05) is 44.2 Å². The number of aryl methyl sites for hydroxylation is 1. The summed E-state index contributed by atoms with van der Waals surface area (Å²) in [7, 11) is 0. The van der Waals surface area contributed by atoms with Gasteiger partial charge in [-0.2, -0.15) is 0 Å². The van der Waals surface area contributed by atoms with Crippen LogP contribution in [0.15, 0.2) is 36.5 Å². The van der Waals surface area contributed by atoms with Crippen LogP contribution in [0.4, 0.5) is 5.95 Å². The number of fused-ring (bicyclic) bond motifs is 1. The Morgan fingerprint density at radius 1 is 1.21 bits per heavy atom. The number of carbonyl (C=O) groups excluding carboxylic acids is 1. The summed E-state index contributed by atoms with van der Waals surface area (Å²) in [5.41, 5.74) is 3.50. The van der Waals surface area contributed by atoms with Crippen molar-refractivity contribution in [2.75, 3.05) is 18.0 Å². The molecule has 0 unspecified atom stereocenters. The molecule has 5 nitrogen and oxygen atoms in total. The van der Waals surface area contributed by atoms with E-state index in [-0.39, 0.29) is 17.4 Å². The van der Waals surface area contributed by atoms with E-state index in [0.29, 0.717) is 6.42 Å². The zero-order chi connectivity index (χ0) is 19.6. The minimum Gasteiger partial charge on any atom is -0.349 e. The highest BCUT2D eigenvalue weighted by Crippen LogP contribution is 2.40. The number of amides is 1. The van der Waals surface area contributed by atoms with Crippen LogP contribution < -0.4 is 10.2 Å². The Hall–Kier alpha value is -2.43. The van der Waals surface area contributed by atoms with Crippen LogP contribution in [0.2, 0.25) is 0 Å². The second kappa shape index (κ2) is 7.90. The predicted octanol–water partition coefficient (Wildman–Crippen LogP) is 3.84. The van der Waals surface area contributed by atoms with E-state index >= 15 is 0 Å². The van der Waals surface area contributed by atoms with Crippen LogP contribution in [0.25, 0.3) is 0 Å². The molecule has 0 saturated carbocycles. The molecule has 1 aromatic carbocycles. The number of hydrogen-bond acceptors (Lipinski definition) is 4. The number of benzene rings is 1. The number of rotatable bonds is 5. The molecule has 0 bridgehead atoms. The van der Waals surface area contributed by atoms with E-state index in [1.54, 1.807) is 0 Å². The van der Waals surface area contributed by atoms with Gasteiger partial charge in [0, 0.05) is 31.3 Å². The normalized spacial score (nSPS) is 20.6. The van der Waals surface area contributed by atoms with Gasteiger partial charge in [0.2, 0.25) is 11.9 Å². The third-order valence-electron chi connectivity index (χ3n) is 5.87. The van der Waals surface area contributed by atoms with Crippen molar-refractivity contribution < 1.29 is 4.79 Å². The molecule has 1 aliphatic carbocycles. The van der Waals surface area contributed by atoms with Gasteiger partial charge in [0.25, 0.3) is 0 Å². The summed E-state index contributed by atoms with van der Waals surface area (Å²) in [6, 6.07) is 10.2. The van der Waals surface area contributed by atoms with Crippen molar-refractivity contribution >= 4 is 11.9 Å². The zero-order valence-corrected chi connectivity index (χ0v) is 16.9. The number of anilines is 1. The lowest BCUT2D eigenvalue weighted by molar-refractivity contribution is -0.122. The smallest absolute Gasteiger partial charge is 0.225 e. The zero-order valence-electron chi connectivity index (χ0n) is 16.9. The van der Waals surface area contributed by atoms with Crippen LogP contribution in [-0.4, -0.2) is 29.0 Å². The van der Waals surface area contributed by atoms with Crippen LogP contribution in [0.5, 0.6) is 0 Å². The van der Waals surface area contributed by atoms with Gasteiger partial charge in [0.15, 0.2) is 0 Å². The van der Waals surface area contributed by atoms with Gasteiger partial charge in [-0.15, -0.1) is 0 Å². The number of nitrogens with zero attached hydrogens (tertiary/aromatic N) is 3. The van der Waals surface area contributed by atoms with Gasteiger partial charge < -0.3 is 10.2 Å². The highest BCUT2D eigenvalue weighted by Gasteiger charge is 2.35. The van der Waals surface area contributed by atoms with E-state index in [1.165, 1.54) is 18.4 Å². The van der Waals surface area contributed by atoms with Crippen molar-refractivity contribution in [1.82, 2.24) is 15.3 Å². The van der Waals surface area contributed by atoms with E-state index in [4.69, 9.17) is 4.98 Å². The highest BCUT2D eigenvalue weighted by atomic mass is 16.1. The van der Waals surface area contributed by atoms with Gasteiger partial charge in [0.1, 0.15) is 0 Å². The summed E-state index contributed by atoms with van der Waals surface area (Å²) >= 11 is 0. The molecule has 1 N–H and O–H groups in total. The lowest BCUT2D eigenvalue weighted by Crippen LogP contribution is -2.37. The van der Waals surface area contributed by atoms with Crippen molar-refractivity contribution in [2.45, 2.75) is 58.4 Å². The lowest BCUT2D eigenvalue weighted by Gasteiger charge is -2.36. The molecule has 2 heterocycles. The second-order valence-electron chi connectivity index (χ2n) is 8.92. The van der Waals surface area contributed by atoms with Crippen molar-refractivity contribution in [3.63, 3.8) is 0 Å². The van der Waals surface area contributed by atoms with Gasteiger partial charge in [-0.3, -0.25) is 4.79 Å². The fraction of sp³-hybridized carbons (Fsp3) is 0.522. The Labute approximate surface area is 167 Å². The maximum atomic E-state index is 12.6. The first-order valence-electron chi connectivity index (χ1n) is 10.4. The number of carbonyl (C=O) groups is 1. The topological polar surface area (TPSA) is 58.1 Å². The fourth-order valence-electron chi connectivity index (χ4n) is 4.40. The summed E-state index contributed by atoms with van der Waals surface area (Å²) in [5.74, 6) is 0.948. The highest BCUT2D eigenvalue weighted by molar-refractivity contribution is 5.76. The molecular weight excluding hydrogens is 348 g/mol. The van der Waals surface area contributed by atoms with Crippen molar-refractivity contribution in [3.05, 3.63) is 53.3 Å².